The molecule has 2 aromatic heterocycles. The highest BCUT2D eigenvalue weighted by molar-refractivity contribution is 7.19. The summed E-state index contributed by atoms with van der Waals surface area (Å²) in [6, 6.07) is 0. The molecule has 0 aliphatic carbocycles. The molecular formula is C7H7N3S2. The summed E-state index contributed by atoms with van der Waals surface area (Å²) in [7, 11) is 0. The van der Waals surface area contributed by atoms with E-state index in [2.05, 4.69) is 9.97 Å². The maximum absolute atomic E-state index is 5.57. The van der Waals surface area contributed by atoms with E-state index in [1.54, 1.807) is 11.3 Å². The molecule has 3 nitrogen and oxygen atoms in total. The second kappa shape index (κ2) is 2.84. The first-order valence-corrected chi connectivity index (χ1v) is 5.15. The minimum absolute atomic E-state index is 0.607. The van der Waals surface area contributed by atoms with Crippen molar-refractivity contribution in [2.45, 2.75) is 6.92 Å². The van der Waals surface area contributed by atoms with Crippen molar-refractivity contribution in [2.75, 3.05) is 5.73 Å². The van der Waals surface area contributed by atoms with Crippen molar-refractivity contribution in [3.63, 3.8) is 0 Å². The zero-order valence-electron chi connectivity index (χ0n) is 6.44. The molecule has 2 heterocycles. The smallest absolute Gasteiger partial charge is 0.180 e. The van der Waals surface area contributed by atoms with Crippen LogP contribution < -0.4 is 5.73 Å². The molecule has 12 heavy (non-hydrogen) atoms. The highest BCUT2D eigenvalue weighted by Gasteiger charge is 2.08. The Morgan fingerprint density at radius 3 is 2.83 bits per heavy atom. The van der Waals surface area contributed by atoms with Gasteiger partial charge in [0.1, 0.15) is 0 Å². The second-order valence-electron chi connectivity index (χ2n) is 2.34. The van der Waals surface area contributed by atoms with Gasteiger partial charge in [0.05, 0.1) is 21.8 Å². The normalized spacial score (nSPS) is 10.4. The minimum Gasteiger partial charge on any atom is -0.375 e. The summed E-state index contributed by atoms with van der Waals surface area (Å²) < 4.78 is 0. The van der Waals surface area contributed by atoms with Crippen LogP contribution in [0.2, 0.25) is 0 Å². The van der Waals surface area contributed by atoms with Crippen LogP contribution in [0.15, 0.2) is 10.9 Å². The second-order valence-corrected chi connectivity index (χ2v) is 4.09. The van der Waals surface area contributed by atoms with Crippen molar-refractivity contribution >= 4 is 27.8 Å². The molecule has 0 saturated carbocycles. The minimum atomic E-state index is 0.607. The van der Waals surface area contributed by atoms with Gasteiger partial charge in [0.15, 0.2) is 5.13 Å². The van der Waals surface area contributed by atoms with E-state index in [1.807, 2.05) is 17.8 Å². The van der Waals surface area contributed by atoms with Crippen molar-refractivity contribution in [2.24, 2.45) is 0 Å². The average molecular weight is 197 g/mol. The number of anilines is 1. The van der Waals surface area contributed by atoms with Gasteiger partial charge in [-0.05, 0) is 6.92 Å². The van der Waals surface area contributed by atoms with E-state index in [1.165, 1.54) is 11.3 Å². The van der Waals surface area contributed by atoms with Crippen LogP contribution in [0.3, 0.4) is 0 Å². The Kier molecular flexibility index (Phi) is 1.82. The fourth-order valence-corrected chi connectivity index (χ4v) is 2.40. The lowest BCUT2D eigenvalue weighted by atomic mass is 10.3. The molecule has 2 N–H and O–H groups in total. The maximum atomic E-state index is 5.57. The molecular weight excluding hydrogens is 190 g/mol. The predicted molar refractivity (Wildman–Crippen MR) is 52.4 cm³/mol. The summed E-state index contributed by atoms with van der Waals surface area (Å²) in [5.41, 5.74) is 9.32. The van der Waals surface area contributed by atoms with Gasteiger partial charge in [0.2, 0.25) is 0 Å². The number of aromatic nitrogens is 2. The summed E-state index contributed by atoms with van der Waals surface area (Å²) in [5, 5.41) is 2.61. The van der Waals surface area contributed by atoms with Gasteiger partial charge in [-0.25, -0.2) is 9.97 Å². The summed E-state index contributed by atoms with van der Waals surface area (Å²) in [6.07, 6.45) is 0. The molecule has 5 heteroatoms. The number of hydrogen-bond donors (Lipinski definition) is 1. The van der Waals surface area contributed by atoms with Crippen LogP contribution in [-0.4, -0.2) is 9.97 Å². The molecule has 0 amide bonds. The largest absolute Gasteiger partial charge is 0.375 e. The molecule has 0 saturated heterocycles. The quantitative estimate of drug-likeness (QED) is 0.762. The van der Waals surface area contributed by atoms with Crippen molar-refractivity contribution in [1.29, 1.82) is 0 Å². The van der Waals surface area contributed by atoms with Gasteiger partial charge in [-0.3, -0.25) is 0 Å². The zero-order valence-corrected chi connectivity index (χ0v) is 8.08. The van der Waals surface area contributed by atoms with Crippen LogP contribution in [0, 0.1) is 6.92 Å². The van der Waals surface area contributed by atoms with Gasteiger partial charge in [-0.15, -0.1) is 11.3 Å². The molecule has 0 aliphatic rings. The topological polar surface area (TPSA) is 51.8 Å². The van der Waals surface area contributed by atoms with Crippen molar-refractivity contribution in [3.05, 3.63) is 16.6 Å². The SMILES string of the molecule is Cc1nc(N)sc1-c1cscn1. The monoisotopic (exact) mass is 197 g/mol. The number of nitrogens with two attached hydrogens (primary N) is 1. The zero-order chi connectivity index (χ0) is 8.55. The molecule has 0 bridgehead atoms. The lowest BCUT2D eigenvalue weighted by Crippen LogP contribution is -1.80. The summed E-state index contributed by atoms with van der Waals surface area (Å²) in [6.45, 7) is 1.95. The molecule has 2 rings (SSSR count). The van der Waals surface area contributed by atoms with Crippen molar-refractivity contribution < 1.29 is 0 Å². The Bertz CT molecular complexity index is 377. The van der Waals surface area contributed by atoms with E-state index >= 15 is 0 Å². The highest BCUT2D eigenvalue weighted by Crippen LogP contribution is 2.30. The Morgan fingerprint density at radius 2 is 2.33 bits per heavy atom. The first-order chi connectivity index (χ1) is 5.77. The molecule has 0 unspecified atom stereocenters. The third kappa shape index (κ3) is 1.21. The predicted octanol–water partition coefficient (Wildman–Crippen LogP) is 2.16. The molecule has 2 aromatic rings. The number of nitrogens with zero attached hydrogens (tertiary/aromatic N) is 2. The van der Waals surface area contributed by atoms with Gasteiger partial charge in [0.25, 0.3) is 0 Å². The maximum Gasteiger partial charge on any atom is 0.180 e. The third-order valence-corrected chi connectivity index (χ3v) is 3.07. The van der Waals surface area contributed by atoms with Crippen molar-refractivity contribution in [3.8, 4) is 10.6 Å². The van der Waals surface area contributed by atoms with Gasteiger partial charge in [-0.1, -0.05) is 11.3 Å². The van der Waals surface area contributed by atoms with Crippen LogP contribution in [0.25, 0.3) is 10.6 Å². The van der Waals surface area contributed by atoms with Gasteiger partial charge in [-0.2, -0.15) is 0 Å². The van der Waals surface area contributed by atoms with Crippen LogP contribution in [0.1, 0.15) is 5.69 Å². The number of rotatable bonds is 1. The average Bonchev–Trinajstić information content (AvgIpc) is 2.58. The fourth-order valence-electron chi connectivity index (χ4n) is 0.980. The fraction of sp³-hybridized carbons (Fsp3) is 0.143. The Hall–Kier alpha value is -0.940. The van der Waals surface area contributed by atoms with E-state index in [-0.39, 0.29) is 0 Å². The Morgan fingerprint density at radius 1 is 1.50 bits per heavy atom. The van der Waals surface area contributed by atoms with Crippen LogP contribution in [0.5, 0.6) is 0 Å². The molecule has 62 valence electrons. The Labute approximate surface area is 77.9 Å². The summed E-state index contributed by atoms with van der Waals surface area (Å²) in [4.78, 5) is 9.40. The van der Waals surface area contributed by atoms with Crippen LogP contribution >= 0.6 is 22.7 Å². The van der Waals surface area contributed by atoms with Crippen molar-refractivity contribution in [1.82, 2.24) is 9.97 Å². The van der Waals surface area contributed by atoms with Gasteiger partial charge >= 0.3 is 0 Å². The third-order valence-electron chi connectivity index (χ3n) is 1.48. The molecule has 0 fully saturated rings. The van der Waals surface area contributed by atoms with E-state index in [0.717, 1.165) is 16.3 Å². The van der Waals surface area contributed by atoms with E-state index < -0.39 is 0 Å². The summed E-state index contributed by atoms with van der Waals surface area (Å²) in [5.74, 6) is 0. The Balaban J connectivity index is 2.54. The molecule has 0 aromatic carbocycles. The summed E-state index contributed by atoms with van der Waals surface area (Å²) >= 11 is 3.06. The molecule has 0 radical (unpaired) electrons. The molecule has 0 atom stereocenters. The van der Waals surface area contributed by atoms with E-state index in [4.69, 9.17) is 5.73 Å². The number of aryl methyl sites for hydroxylation is 1. The van der Waals surface area contributed by atoms with E-state index in [9.17, 15) is 0 Å². The lowest BCUT2D eigenvalue weighted by molar-refractivity contribution is 1.26. The standard InChI is InChI=1S/C7H7N3S2/c1-4-6(12-7(8)10-4)5-2-11-3-9-5/h2-3H,1H3,(H2,8,10). The number of nitrogen functional groups attached to an aromatic ring is 1. The number of thiazole rings is 2. The first kappa shape index (κ1) is 7.70. The lowest BCUT2D eigenvalue weighted by Gasteiger charge is -1.88. The molecule has 0 aliphatic heterocycles. The van der Waals surface area contributed by atoms with Crippen LogP contribution in [-0.2, 0) is 0 Å². The number of hydrogen-bond acceptors (Lipinski definition) is 5. The van der Waals surface area contributed by atoms with Crippen LogP contribution in [0.4, 0.5) is 5.13 Å². The van der Waals surface area contributed by atoms with Gasteiger partial charge in [0, 0.05) is 5.38 Å². The molecule has 0 spiro atoms. The highest BCUT2D eigenvalue weighted by atomic mass is 32.1. The van der Waals surface area contributed by atoms with E-state index in [0.29, 0.717) is 5.13 Å². The first-order valence-electron chi connectivity index (χ1n) is 3.39. The van der Waals surface area contributed by atoms with Gasteiger partial charge < -0.3 is 5.73 Å².